The number of carbonyl (C=O) groups excluding carboxylic acids is 1. The number of pyridine rings is 1. The summed E-state index contributed by atoms with van der Waals surface area (Å²) in [5, 5.41) is 2.87. The van der Waals surface area contributed by atoms with E-state index >= 15 is 0 Å². The number of rotatable bonds is 2. The first-order valence-corrected chi connectivity index (χ1v) is 3.59. The maximum atomic E-state index is 10.8. The summed E-state index contributed by atoms with van der Waals surface area (Å²) in [6.45, 7) is 1.82. The molecule has 0 bridgehead atoms. The van der Waals surface area contributed by atoms with Crippen molar-refractivity contribution in [1.29, 1.82) is 0 Å². The number of primary amides is 1. The lowest BCUT2D eigenvalue weighted by molar-refractivity contribution is 0.0999. The highest BCUT2D eigenvalue weighted by Crippen LogP contribution is 2.10. The molecule has 1 rings (SSSR count). The monoisotopic (exact) mass is 165 g/mol. The van der Waals surface area contributed by atoms with Gasteiger partial charge in [0.15, 0.2) is 0 Å². The van der Waals surface area contributed by atoms with Crippen LogP contribution in [0.25, 0.3) is 0 Å². The van der Waals surface area contributed by atoms with Gasteiger partial charge in [-0.2, -0.15) is 0 Å². The van der Waals surface area contributed by atoms with Gasteiger partial charge in [-0.15, -0.1) is 0 Å². The van der Waals surface area contributed by atoms with Crippen LogP contribution in [0.3, 0.4) is 0 Å². The van der Waals surface area contributed by atoms with Crippen LogP contribution in [0.1, 0.15) is 15.9 Å². The summed E-state index contributed by atoms with van der Waals surface area (Å²) in [5.74, 6) is 0.292. The topological polar surface area (TPSA) is 68.0 Å². The fourth-order valence-corrected chi connectivity index (χ4v) is 0.951. The van der Waals surface area contributed by atoms with Gasteiger partial charge in [-0.25, -0.2) is 4.98 Å². The van der Waals surface area contributed by atoms with Crippen LogP contribution >= 0.6 is 0 Å². The quantitative estimate of drug-likeness (QED) is 0.671. The van der Waals surface area contributed by atoms with E-state index in [1.165, 1.54) is 6.20 Å². The van der Waals surface area contributed by atoms with Crippen LogP contribution in [-0.2, 0) is 0 Å². The van der Waals surface area contributed by atoms with E-state index in [1.54, 1.807) is 13.1 Å². The lowest BCUT2D eigenvalue weighted by Gasteiger charge is -2.03. The number of hydrogen-bond donors (Lipinski definition) is 2. The third-order valence-corrected chi connectivity index (χ3v) is 1.63. The van der Waals surface area contributed by atoms with E-state index in [-0.39, 0.29) is 0 Å². The van der Waals surface area contributed by atoms with Gasteiger partial charge >= 0.3 is 0 Å². The molecule has 0 aliphatic rings. The molecule has 0 radical (unpaired) electrons. The molecule has 0 fully saturated rings. The third kappa shape index (κ3) is 1.53. The number of aryl methyl sites for hydroxylation is 1. The summed E-state index contributed by atoms with van der Waals surface area (Å²) < 4.78 is 0. The molecule has 0 saturated carbocycles. The highest BCUT2D eigenvalue weighted by molar-refractivity contribution is 5.94. The van der Waals surface area contributed by atoms with Gasteiger partial charge in [0, 0.05) is 13.2 Å². The Morgan fingerprint density at radius 3 is 2.75 bits per heavy atom. The highest BCUT2D eigenvalue weighted by Gasteiger charge is 2.04. The average Bonchev–Trinajstić information content (AvgIpc) is 2.03. The SMILES string of the molecule is CNc1cc(C)c(C(N)=O)cn1. The van der Waals surface area contributed by atoms with E-state index in [4.69, 9.17) is 5.73 Å². The number of anilines is 1. The Kier molecular flexibility index (Phi) is 2.28. The molecule has 0 aromatic carbocycles. The average molecular weight is 165 g/mol. The molecular weight excluding hydrogens is 154 g/mol. The molecular formula is C8H11N3O. The van der Waals surface area contributed by atoms with E-state index in [0.717, 1.165) is 11.4 Å². The number of nitrogens with zero attached hydrogens (tertiary/aromatic N) is 1. The standard InChI is InChI=1S/C8H11N3O/c1-5-3-7(10-2)11-4-6(5)8(9)12/h3-4H,1-2H3,(H2,9,12)(H,10,11). The number of nitrogens with one attached hydrogen (secondary N) is 1. The first kappa shape index (κ1) is 8.52. The Balaban J connectivity index is 3.12. The van der Waals surface area contributed by atoms with Crippen molar-refractivity contribution in [3.63, 3.8) is 0 Å². The maximum absolute atomic E-state index is 10.8. The smallest absolute Gasteiger partial charge is 0.250 e. The first-order valence-electron chi connectivity index (χ1n) is 3.59. The van der Waals surface area contributed by atoms with Gasteiger partial charge in [0.1, 0.15) is 5.82 Å². The molecule has 1 aromatic heterocycles. The second-order valence-corrected chi connectivity index (χ2v) is 2.50. The first-order chi connectivity index (χ1) is 5.65. The van der Waals surface area contributed by atoms with Crippen molar-refractivity contribution in [3.8, 4) is 0 Å². The van der Waals surface area contributed by atoms with E-state index in [2.05, 4.69) is 10.3 Å². The second kappa shape index (κ2) is 3.21. The fourth-order valence-electron chi connectivity index (χ4n) is 0.951. The molecule has 0 spiro atoms. The molecule has 64 valence electrons. The van der Waals surface area contributed by atoms with E-state index in [9.17, 15) is 4.79 Å². The van der Waals surface area contributed by atoms with Crippen LogP contribution in [0.4, 0.5) is 5.82 Å². The summed E-state index contributed by atoms with van der Waals surface area (Å²) in [5.41, 5.74) is 6.41. The zero-order chi connectivity index (χ0) is 9.14. The Morgan fingerprint density at radius 2 is 2.33 bits per heavy atom. The van der Waals surface area contributed by atoms with Crippen LogP contribution < -0.4 is 11.1 Å². The van der Waals surface area contributed by atoms with Crippen LogP contribution in [-0.4, -0.2) is 17.9 Å². The van der Waals surface area contributed by atoms with E-state index in [1.807, 2.05) is 6.92 Å². The van der Waals surface area contributed by atoms with Crippen molar-refractivity contribution in [1.82, 2.24) is 4.98 Å². The molecule has 1 aromatic rings. The minimum absolute atomic E-state index is 0.442. The van der Waals surface area contributed by atoms with Crippen LogP contribution in [0, 0.1) is 6.92 Å². The zero-order valence-electron chi connectivity index (χ0n) is 7.09. The Bertz CT molecular complexity index is 309. The molecule has 4 heteroatoms. The summed E-state index contributed by atoms with van der Waals surface area (Å²) in [4.78, 5) is 14.8. The minimum atomic E-state index is -0.442. The lowest BCUT2D eigenvalue weighted by atomic mass is 10.1. The fraction of sp³-hybridized carbons (Fsp3) is 0.250. The molecule has 0 saturated heterocycles. The molecule has 0 atom stereocenters. The van der Waals surface area contributed by atoms with Crippen LogP contribution in [0.15, 0.2) is 12.3 Å². The molecule has 0 aliphatic heterocycles. The van der Waals surface area contributed by atoms with Crippen LogP contribution in [0.2, 0.25) is 0 Å². The molecule has 1 amide bonds. The minimum Gasteiger partial charge on any atom is -0.373 e. The second-order valence-electron chi connectivity index (χ2n) is 2.50. The lowest BCUT2D eigenvalue weighted by Crippen LogP contribution is -2.13. The largest absolute Gasteiger partial charge is 0.373 e. The van der Waals surface area contributed by atoms with Gasteiger partial charge in [-0.05, 0) is 18.6 Å². The predicted molar refractivity (Wildman–Crippen MR) is 47.0 cm³/mol. The highest BCUT2D eigenvalue weighted by atomic mass is 16.1. The van der Waals surface area contributed by atoms with Gasteiger partial charge in [-0.1, -0.05) is 0 Å². The number of carbonyl (C=O) groups is 1. The molecule has 12 heavy (non-hydrogen) atoms. The van der Waals surface area contributed by atoms with Crippen molar-refractivity contribution in [2.45, 2.75) is 6.92 Å². The molecule has 0 aliphatic carbocycles. The third-order valence-electron chi connectivity index (χ3n) is 1.63. The van der Waals surface area contributed by atoms with E-state index < -0.39 is 5.91 Å². The molecule has 1 heterocycles. The Labute approximate surface area is 70.8 Å². The summed E-state index contributed by atoms with van der Waals surface area (Å²) in [6, 6.07) is 1.78. The summed E-state index contributed by atoms with van der Waals surface area (Å²) in [6.07, 6.45) is 1.48. The van der Waals surface area contributed by atoms with Crippen molar-refractivity contribution in [2.75, 3.05) is 12.4 Å². The van der Waals surface area contributed by atoms with Crippen molar-refractivity contribution < 1.29 is 4.79 Å². The van der Waals surface area contributed by atoms with Gasteiger partial charge < -0.3 is 11.1 Å². The van der Waals surface area contributed by atoms with Gasteiger partial charge in [0.2, 0.25) is 0 Å². The van der Waals surface area contributed by atoms with Crippen LogP contribution in [0.5, 0.6) is 0 Å². The van der Waals surface area contributed by atoms with Gasteiger partial charge in [0.25, 0.3) is 5.91 Å². The Morgan fingerprint density at radius 1 is 1.67 bits per heavy atom. The zero-order valence-corrected chi connectivity index (χ0v) is 7.09. The van der Waals surface area contributed by atoms with Gasteiger partial charge in [0.05, 0.1) is 5.56 Å². The summed E-state index contributed by atoms with van der Waals surface area (Å²) in [7, 11) is 1.77. The maximum Gasteiger partial charge on any atom is 0.250 e. The Hall–Kier alpha value is -1.58. The number of amides is 1. The molecule has 3 N–H and O–H groups in total. The molecule has 4 nitrogen and oxygen atoms in total. The number of aromatic nitrogens is 1. The predicted octanol–water partition coefficient (Wildman–Crippen LogP) is 0.531. The number of nitrogens with two attached hydrogens (primary N) is 1. The van der Waals surface area contributed by atoms with Crippen molar-refractivity contribution >= 4 is 11.7 Å². The molecule has 0 unspecified atom stereocenters. The van der Waals surface area contributed by atoms with Gasteiger partial charge in [-0.3, -0.25) is 4.79 Å². The normalized spacial score (nSPS) is 9.50. The van der Waals surface area contributed by atoms with E-state index in [0.29, 0.717) is 5.56 Å². The summed E-state index contributed by atoms with van der Waals surface area (Å²) >= 11 is 0. The van der Waals surface area contributed by atoms with Crippen molar-refractivity contribution in [3.05, 3.63) is 23.4 Å². The number of hydrogen-bond acceptors (Lipinski definition) is 3. The van der Waals surface area contributed by atoms with Crippen molar-refractivity contribution in [2.24, 2.45) is 5.73 Å².